The van der Waals surface area contributed by atoms with Crippen LogP contribution in [0.3, 0.4) is 0 Å². The van der Waals surface area contributed by atoms with Crippen molar-refractivity contribution in [1.29, 1.82) is 0 Å². The molecule has 142 valence electrons. The van der Waals surface area contributed by atoms with Crippen molar-refractivity contribution in [3.8, 4) is 0 Å². The first kappa shape index (κ1) is 22.6. The van der Waals surface area contributed by atoms with Gasteiger partial charge in [0.25, 0.3) is 0 Å². The lowest BCUT2D eigenvalue weighted by Gasteiger charge is -2.11. The van der Waals surface area contributed by atoms with E-state index in [0.29, 0.717) is 18.1 Å². The van der Waals surface area contributed by atoms with Crippen LogP contribution >= 0.6 is 24.0 Å². The zero-order valence-corrected chi connectivity index (χ0v) is 18.3. The highest BCUT2D eigenvalue weighted by Gasteiger charge is 2.02. The molecule has 0 aliphatic rings. The van der Waals surface area contributed by atoms with Crippen LogP contribution in [-0.4, -0.2) is 35.6 Å². The number of nitrogens with zero attached hydrogens (tertiary/aromatic N) is 1. The summed E-state index contributed by atoms with van der Waals surface area (Å²) in [7, 11) is -0.889. The molecule has 1 atom stereocenters. The lowest BCUT2D eigenvalue weighted by atomic mass is 10.1. The van der Waals surface area contributed by atoms with Gasteiger partial charge in [-0.1, -0.05) is 60.7 Å². The van der Waals surface area contributed by atoms with Gasteiger partial charge in [-0.3, -0.25) is 9.20 Å². The molecule has 2 N–H and O–H groups in total. The molecule has 0 amide bonds. The highest BCUT2D eigenvalue weighted by Crippen LogP contribution is 2.03. The van der Waals surface area contributed by atoms with Crippen molar-refractivity contribution in [2.45, 2.75) is 19.1 Å². The Hall–Kier alpha value is -1.41. The van der Waals surface area contributed by atoms with E-state index >= 15 is 0 Å². The maximum atomic E-state index is 12.2. The van der Waals surface area contributed by atoms with Crippen LogP contribution in [0.5, 0.6) is 0 Å². The second-order valence-corrected chi connectivity index (χ2v) is 7.27. The topological polar surface area (TPSA) is 53.5 Å². The first-order valence-corrected chi connectivity index (χ1v) is 10.2. The van der Waals surface area contributed by atoms with Gasteiger partial charge in [0, 0.05) is 35.4 Å². The molecule has 0 bridgehead atoms. The normalized spacial score (nSPS) is 12.1. The molecule has 0 fully saturated rings. The molecule has 0 radical (unpaired) electrons. The van der Waals surface area contributed by atoms with E-state index in [2.05, 4.69) is 39.9 Å². The van der Waals surface area contributed by atoms with E-state index in [9.17, 15) is 4.21 Å². The van der Waals surface area contributed by atoms with E-state index in [1.807, 2.05) is 43.3 Å². The third kappa shape index (κ3) is 9.33. The molecular weight excluding hydrogens is 457 g/mol. The number of benzene rings is 2. The van der Waals surface area contributed by atoms with Gasteiger partial charge in [0.1, 0.15) is 0 Å². The van der Waals surface area contributed by atoms with Gasteiger partial charge in [-0.2, -0.15) is 0 Å². The summed E-state index contributed by atoms with van der Waals surface area (Å²) in [6.45, 7) is 4.23. The van der Waals surface area contributed by atoms with Crippen LogP contribution in [0.15, 0.2) is 65.7 Å². The van der Waals surface area contributed by atoms with Crippen LogP contribution < -0.4 is 10.6 Å². The van der Waals surface area contributed by atoms with Crippen LogP contribution in [-0.2, 0) is 23.0 Å². The average molecular weight is 485 g/mol. The molecule has 6 heteroatoms. The largest absolute Gasteiger partial charge is 0.357 e. The van der Waals surface area contributed by atoms with Crippen molar-refractivity contribution in [3.63, 3.8) is 0 Å². The first-order valence-electron chi connectivity index (χ1n) is 8.73. The summed E-state index contributed by atoms with van der Waals surface area (Å²) in [4.78, 5) is 4.53. The van der Waals surface area contributed by atoms with Gasteiger partial charge < -0.3 is 10.6 Å². The predicted octanol–water partition coefficient (Wildman–Crippen LogP) is 3.35. The summed E-state index contributed by atoms with van der Waals surface area (Å²) in [6, 6.07) is 20.3. The Kier molecular flexibility index (Phi) is 12.0. The minimum Gasteiger partial charge on any atom is -0.357 e. The summed E-state index contributed by atoms with van der Waals surface area (Å²) in [5, 5.41) is 6.56. The smallest absolute Gasteiger partial charge is 0.191 e. The Morgan fingerprint density at radius 1 is 0.962 bits per heavy atom. The summed E-state index contributed by atoms with van der Waals surface area (Å²) in [6.07, 6.45) is 0.950. The molecule has 2 rings (SSSR count). The number of rotatable bonds is 9. The lowest BCUT2D eigenvalue weighted by Crippen LogP contribution is -2.38. The fraction of sp³-hybridized carbons (Fsp3) is 0.350. The first-order chi connectivity index (χ1) is 12.3. The van der Waals surface area contributed by atoms with E-state index in [1.165, 1.54) is 5.56 Å². The van der Waals surface area contributed by atoms with Gasteiger partial charge in [0.2, 0.25) is 0 Å². The molecule has 2 aromatic carbocycles. The van der Waals surface area contributed by atoms with Crippen LogP contribution in [0, 0.1) is 0 Å². The van der Waals surface area contributed by atoms with Gasteiger partial charge in [-0.05, 0) is 24.5 Å². The average Bonchev–Trinajstić information content (AvgIpc) is 2.63. The Labute approximate surface area is 176 Å². The van der Waals surface area contributed by atoms with Crippen molar-refractivity contribution in [1.82, 2.24) is 10.6 Å². The van der Waals surface area contributed by atoms with Gasteiger partial charge in [0.05, 0.1) is 6.54 Å². The molecule has 2 aromatic rings. The number of guanidine groups is 1. The highest BCUT2D eigenvalue weighted by molar-refractivity contribution is 14.0. The molecule has 0 spiro atoms. The minimum absolute atomic E-state index is 0. The monoisotopic (exact) mass is 485 g/mol. The lowest BCUT2D eigenvalue weighted by molar-refractivity contribution is 0.682. The van der Waals surface area contributed by atoms with Crippen LogP contribution in [0.25, 0.3) is 0 Å². The standard InChI is InChI=1S/C20H27N3OS.HI/c1-2-21-20(22-14-13-18-9-5-3-6-10-18)23-15-16-25(24)17-19-11-7-4-8-12-19;/h3-12H,2,13-17H2,1H3,(H2,21,22,23);1H. The number of hydrogen-bond acceptors (Lipinski definition) is 2. The van der Waals surface area contributed by atoms with E-state index in [-0.39, 0.29) is 24.0 Å². The zero-order valence-electron chi connectivity index (χ0n) is 15.2. The second-order valence-electron chi connectivity index (χ2n) is 5.70. The van der Waals surface area contributed by atoms with Gasteiger partial charge in [-0.25, -0.2) is 0 Å². The Morgan fingerprint density at radius 2 is 1.58 bits per heavy atom. The SMILES string of the molecule is CCNC(=NCCS(=O)Cc1ccccc1)NCCc1ccccc1.I. The Morgan fingerprint density at radius 3 is 2.19 bits per heavy atom. The molecule has 0 saturated carbocycles. The molecule has 0 heterocycles. The van der Waals surface area contributed by atoms with Crippen LogP contribution in [0.4, 0.5) is 0 Å². The van der Waals surface area contributed by atoms with Crippen molar-refractivity contribution in [2.75, 3.05) is 25.4 Å². The molecule has 0 aliphatic carbocycles. The molecule has 0 aliphatic heterocycles. The number of hydrogen-bond donors (Lipinski definition) is 2. The molecular formula is C20H28IN3OS. The van der Waals surface area contributed by atoms with E-state index in [0.717, 1.165) is 31.0 Å². The number of halogens is 1. The summed E-state index contributed by atoms with van der Waals surface area (Å²) >= 11 is 0. The maximum absolute atomic E-state index is 12.2. The maximum Gasteiger partial charge on any atom is 0.191 e. The molecule has 0 saturated heterocycles. The van der Waals surface area contributed by atoms with Crippen molar-refractivity contribution >= 4 is 40.7 Å². The number of aliphatic imine (C=N–C) groups is 1. The van der Waals surface area contributed by atoms with Crippen LogP contribution in [0.2, 0.25) is 0 Å². The van der Waals surface area contributed by atoms with Crippen molar-refractivity contribution < 1.29 is 4.21 Å². The van der Waals surface area contributed by atoms with E-state index < -0.39 is 10.8 Å². The second kappa shape index (κ2) is 13.7. The predicted molar refractivity (Wildman–Crippen MR) is 123 cm³/mol. The van der Waals surface area contributed by atoms with Gasteiger partial charge in [0.15, 0.2) is 5.96 Å². The molecule has 26 heavy (non-hydrogen) atoms. The summed E-state index contributed by atoms with van der Waals surface area (Å²) < 4.78 is 12.2. The van der Waals surface area contributed by atoms with E-state index in [4.69, 9.17) is 0 Å². The van der Waals surface area contributed by atoms with Gasteiger partial charge >= 0.3 is 0 Å². The van der Waals surface area contributed by atoms with Crippen LogP contribution in [0.1, 0.15) is 18.1 Å². The molecule has 4 nitrogen and oxygen atoms in total. The van der Waals surface area contributed by atoms with Crippen molar-refractivity contribution in [2.24, 2.45) is 4.99 Å². The Balaban J connectivity index is 0.00000338. The quantitative estimate of drug-likeness (QED) is 0.326. The fourth-order valence-corrected chi connectivity index (χ4v) is 3.41. The zero-order chi connectivity index (χ0) is 17.7. The third-order valence-electron chi connectivity index (χ3n) is 3.65. The minimum atomic E-state index is -0.889. The molecule has 0 aromatic heterocycles. The van der Waals surface area contributed by atoms with Gasteiger partial charge in [-0.15, -0.1) is 24.0 Å². The fourth-order valence-electron chi connectivity index (χ4n) is 2.40. The summed E-state index contributed by atoms with van der Waals surface area (Å²) in [5.41, 5.74) is 2.41. The Bertz CT molecular complexity index is 665. The summed E-state index contributed by atoms with van der Waals surface area (Å²) in [5.74, 6) is 1.95. The van der Waals surface area contributed by atoms with Crippen molar-refractivity contribution in [3.05, 3.63) is 71.8 Å². The highest BCUT2D eigenvalue weighted by atomic mass is 127. The third-order valence-corrected chi connectivity index (χ3v) is 4.95. The molecule has 1 unspecified atom stereocenters. The number of nitrogens with one attached hydrogen (secondary N) is 2. The van der Waals surface area contributed by atoms with E-state index in [1.54, 1.807) is 0 Å².